The van der Waals surface area contributed by atoms with Crippen LogP contribution in [0.1, 0.15) is 76.3 Å². The number of oxazole rings is 1. The minimum atomic E-state index is 0.0874. The molecule has 2 aromatic heterocycles. The number of nitrogens with zero attached hydrogens (tertiary/aromatic N) is 2. The van der Waals surface area contributed by atoms with Crippen molar-refractivity contribution in [1.82, 2.24) is 9.97 Å². The fraction of sp³-hybridized carbons (Fsp3) is 0.458. The third-order valence-electron chi connectivity index (χ3n) is 5.18. The van der Waals surface area contributed by atoms with E-state index in [1.54, 1.807) is 18.5 Å². The molecule has 0 radical (unpaired) electrons. The fourth-order valence-electron chi connectivity index (χ4n) is 3.54. The van der Waals surface area contributed by atoms with Crippen molar-refractivity contribution in [1.29, 1.82) is 0 Å². The zero-order chi connectivity index (χ0) is 21.5. The summed E-state index contributed by atoms with van der Waals surface area (Å²) in [6, 6.07) is 8.62. The summed E-state index contributed by atoms with van der Waals surface area (Å²) in [5.74, 6) is 0.824. The first-order valence-corrected chi connectivity index (χ1v) is 10.8. The summed E-state index contributed by atoms with van der Waals surface area (Å²) >= 11 is 0. The maximum Gasteiger partial charge on any atom is 0.295 e. The molecule has 0 saturated carbocycles. The lowest BCUT2D eigenvalue weighted by Crippen LogP contribution is -2.15. The molecule has 0 bridgehead atoms. The molecule has 3 rings (SSSR count). The molecule has 0 aliphatic rings. The number of hydrogen-bond donors (Lipinski definition) is 2. The topological polar surface area (TPSA) is 80.0 Å². The molecular weight excluding hydrogens is 376 g/mol. The molecule has 6 nitrogen and oxygen atoms in total. The van der Waals surface area contributed by atoms with E-state index in [-0.39, 0.29) is 5.91 Å². The van der Waals surface area contributed by atoms with Crippen LogP contribution in [-0.4, -0.2) is 22.4 Å². The molecule has 1 aromatic carbocycles. The van der Waals surface area contributed by atoms with Crippen LogP contribution in [0.2, 0.25) is 0 Å². The van der Waals surface area contributed by atoms with Gasteiger partial charge in [-0.25, -0.2) is 0 Å². The van der Waals surface area contributed by atoms with E-state index in [1.807, 2.05) is 0 Å². The van der Waals surface area contributed by atoms with Gasteiger partial charge in [-0.3, -0.25) is 9.78 Å². The normalized spacial score (nSPS) is 11.4. The van der Waals surface area contributed by atoms with Crippen molar-refractivity contribution >= 4 is 28.7 Å². The van der Waals surface area contributed by atoms with Crippen LogP contribution in [0.5, 0.6) is 0 Å². The Morgan fingerprint density at radius 2 is 1.77 bits per heavy atom. The van der Waals surface area contributed by atoms with Gasteiger partial charge in [-0.1, -0.05) is 52.3 Å². The van der Waals surface area contributed by atoms with E-state index in [1.165, 1.54) is 11.1 Å². The van der Waals surface area contributed by atoms with Crippen molar-refractivity contribution in [2.45, 2.75) is 65.2 Å². The maximum absolute atomic E-state index is 12.6. The summed E-state index contributed by atoms with van der Waals surface area (Å²) in [5, 5.41) is 6.38. The largest absolute Gasteiger partial charge is 0.423 e. The smallest absolute Gasteiger partial charge is 0.295 e. The summed E-state index contributed by atoms with van der Waals surface area (Å²) in [5.41, 5.74) is 4.88. The minimum absolute atomic E-state index is 0.0874. The number of rotatable bonds is 10. The maximum atomic E-state index is 12.6. The van der Waals surface area contributed by atoms with E-state index in [2.05, 4.69) is 66.5 Å². The number of anilines is 2. The summed E-state index contributed by atoms with van der Waals surface area (Å²) in [6.45, 7) is 9.41. The Bertz CT molecular complexity index is 919. The van der Waals surface area contributed by atoms with Gasteiger partial charge in [0.1, 0.15) is 5.52 Å². The van der Waals surface area contributed by atoms with Gasteiger partial charge in [-0.2, -0.15) is 4.98 Å². The van der Waals surface area contributed by atoms with Gasteiger partial charge in [0.05, 0.1) is 6.20 Å². The number of aromatic nitrogens is 2. The van der Waals surface area contributed by atoms with Crippen LogP contribution in [-0.2, 0) is 4.79 Å². The highest BCUT2D eigenvalue weighted by Gasteiger charge is 2.15. The van der Waals surface area contributed by atoms with Gasteiger partial charge in [-0.05, 0) is 35.8 Å². The molecule has 0 atom stereocenters. The van der Waals surface area contributed by atoms with Gasteiger partial charge in [0.25, 0.3) is 6.01 Å². The lowest BCUT2D eigenvalue weighted by molar-refractivity contribution is -0.116. The van der Waals surface area contributed by atoms with Crippen LogP contribution in [0.15, 0.2) is 41.1 Å². The molecular formula is C24H32N4O2. The standard InChI is InChI=1S/C24H32N4O2/c1-16(2)18-9-8-10-19(17(3)4)23(18)28-22(29)11-6-5-7-13-26-24-27-20-15-25-14-12-21(20)30-24/h8-10,12,14-17H,5-7,11,13H2,1-4H3,(H,26,27)(H,28,29). The van der Waals surface area contributed by atoms with Crippen LogP contribution >= 0.6 is 0 Å². The zero-order valence-electron chi connectivity index (χ0n) is 18.4. The van der Waals surface area contributed by atoms with E-state index in [0.29, 0.717) is 24.3 Å². The van der Waals surface area contributed by atoms with Crippen LogP contribution in [0.3, 0.4) is 0 Å². The van der Waals surface area contributed by atoms with Gasteiger partial charge in [-0.15, -0.1) is 0 Å². The molecule has 160 valence electrons. The number of amides is 1. The molecule has 0 spiro atoms. The Hall–Kier alpha value is -2.89. The molecule has 6 heteroatoms. The van der Waals surface area contributed by atoms with Gasteiger partial charge in [0.15, 0.2) is 5.58 Å². The average Bonchev–Trinajstić information content (AvgIpc) is 3.13. The Kier molecular flexibility index (Phi) is 7.44. The van der Waals surface area contributed by atoms with E-state index in [9.17, 15) is 4.79 Å². The van der Waals surface area contributed by atoms with Crippen molar-refractivity contribution in [2.24, 2.45) is 0 Å². The number of hydrogen-bond acceptors (Lipinski definition) is 5. The number of para-hydroxylation sites is 1. The minimum Gasteiger partial charge on any atom is -0.423 e. The molecule has 0 unspecified atom stereocenters. The number of carbonyl (C=O) groups excluding carboxylic acids is 1. The van der Waals surface area contributed by atoms with Crippen molar-refractivity contribution in [3.63, 3.8) is 0 Å². The Morgan fingerprint density at radius 1 is 1.03 bits per heavy atom. The number of fused-ring (bicyclic) bond motifs is 1. The van der Waals surface area contributed by atoms with Crippen molar-refractivity contribution < 1.29 is 9.21 Å². The SMILES string of the molecule is CC(C)c1cccc(C(C)C)c1NC(=O)CCCCCNc1nc2cnccc2o1. The number of pyridine rings is 1. The molecule has 0 saturated heterocycles. The Balaban J connectivity index is 1.43. The van der Waals surface area contributed by atoms with E-state index in [0.717, 1.165) is 42.6 Å². The van der Waals surface area contributed by atoms with Crippen molar-refractivity contribution in [2.75, 3.05) is 17.2 Å². The second-order valence-corrected chi connectivity index (χ2v) is 8.27. The molecule has 0 aliphatic heterocycles. The predicted octanol–water partition coefficient (Wildman–Crippen LogP) is 6.08. The number of carbonyl (C=O) groups is 1. The summed E-state index contributed by atoms with van der Waals surface area (Å²) in [7, 11) is 0. The first-order valence-electron chi connectivity index (χ1n) is 10.8. The van der Waals surface area contributed by atoms with Crippen molar-refractivity contribution in [3.05, 3.63) is 47.8 Å². The quantitative estimate of drug-likeness (QED) is 0.397. The number of benzene rings is 1. The molecule has 3 aromatic rings. The molecule has 30 heavy (non-hydrogen) atoms. The molecule has 0 fully saturated rings. The second-order valence-electron chi connectivity index (χ2n) is 8.27. The highest BCUT2D eigenvalue weighted by atomic mass is 16.4. The van der Waals surface area contributed by atoms with Gasteiger partial charge < -0.3 is 15.1 Å². The monoisotopic (exact) mass is 408 g/mol. The summed E-state index contributed by atoms with van der Waals surface area (Å²) < 4.78 is 5.61. The summed E-state index contributed by atoms with van der Waals surface area (Å²) in [4.78, 5) is 20.9. The van der Waals surface area contributed by atoms with Gasteiger partial charge in [0, 0.05) is 30.9 Å². The number of unbranched alkanes of at least 4 members (excludes halogenated alkanes) is 2. The Labute approximate surface area is 178 Å². The van der Waals surface area contributed by atoms with Crippen LogP contribution in [0.25, 0.3) is 11.1 Å². The Morgan fingerprint density at radius 3 is 2.43 bits per heavy atom. The molecule has 2 heterocycles. The van der Waals surface area contributed by atoms with Crippen molar-refractivity contribution in [3.8, 4) is 0 Å². The highest BCUT2D eigenvalue weighted by Crippen LogP contribution is 2.32. The average molecular weight is 409 g/mol. The van der Waals surface area contributed by atoms with E-state index >= 15 is 0 Å². The lowest BCUT2D eigenvalue weighted by Gasteiger charge is -2.20. The predicted molar refractivity (Wildman–Crippen MR) is 122 cm³/mol. The van der Waals surface area contributed by atoms with Crippen LogP contribution in [0.4, 0.5) is 11.7 Å². The van der Waals surface area contributed by atoms with E-state index in [4.69, 9.17) is 4.42 Å². The fourth-order valence-corrected chi connectivity index (χ4v) is 3.54. The zero-order valence-corrected chi connectivity index (χ0v) is 18.4. The lowest BCUT2D eigenvalue weighted by atomic mass is 9.92. The molecule has 1 amide bonds. The third-order valence-corrected chi connectivity index (χ3v) is 5.18. The third kappa shape index (κ3) is 5.59. The first-order chi connectivity index (χ1) is 14.5. The van der Waals surface area contributed by atoms with Gasteiger partial charge >= 0.3 is 0 Å². The second kappa shape index (κ2) is 10.2. The van der Waals surface area contributed by atoms with Crippen LogP contribution < -0.4 is 10.6 Å². The number of nitrogens with one attached hydrogen (secondary N) is 2. The van der Waals surface area contributed by atoms with E-state index < -0.39 is 0 Å². The van der Waals surface area contributed by atoms with Gasteiger partial charge in [0.2, 0.25) is 5.91 Å². The summed E-state index contributed by atoms with van der Waals surface area (Å²) in [6.07, 6.45) is 6.66. The highest BCUT2D eigenvalue weighted by molar-refractivity contribution is 5.92. The van der Waals surface area contributed by atoms with Crippen LogP contribution in [0, 0.1) is 0 Å². The molecule has 2 N–H and O–H groups in total. The molecule has 0 aliphatic carbocycles. The first kappa shape index (κ1) is 21.8.